The van der Waals surface area contributed by atoms with Gasteiger partial charge in [-0.15, -0.1) is 0 Å². The van der Waals surface area contributed by atoms with Gasteiger partial charge < -0.3 is 0 Å². The van der Waals surface area contributed by atoms with Crippen LogP contribution in [0.2, 0.25) is 0 Å². The highest BCUT2D eigenvalue weighted by molar-refractivity contribution is 7.95. The van der Waals surface area contributed by atoms with Crippen molar-refractivity contribution in [1.82, 2.24) is 0 Å². The van der Waals surface area contributed by atoms with Gasteiger partial charge in [0.15, 0.2) is 0 Å². The molecule has 0 aliphatic carbocycles. The Kier molecular flexibility index (Phi) is 4.37. The van der Waals surface area contributed by atoms with Gasteiger partial charge in [0.05, 0.1) is 9.82 Å². The van der Waals surface area contributed by atoms with E-state index in [1.807, 2.05) is 0 Å². The molecular weight excluding hydrogens is 309 g/mol. The average Bonchev–Trinajstić information content (AvgIpc) is 2.48. The van der Waals surface area contributed by atoms with Crippen LogP contribution in [0.4, 0.5) is 10.1 Å². The lowest BCUT2D eigenvalue weighted by Crippen LogP contribution is -2.01. The zero-order chi connectivity index (χ0) is 16.3. The Morgan fingerprint density at radius 1 is 1.09 bits per heavy atom. The maximum absolute atomic E-state index is 14.1. The van der Waals surface area contributed by atoms with Crippen molar-refractivity contribution in [3.05, 3.63) is 74.9 Å². The summed E-state index contributed by atoms with van der Waals surface area (Å²) in [5.41, 5.74) is 0.927. The fourth-order valence-electron chi connectivity index (χ4n) is 1.73. The van der Waals surface area contributed by atoms with Crippen molar-refractivity contribution in [2.75, 3.05) is 0 Å². The standard InChI is InChI=1S/C15H12FNO4S/c1-11-2-8-14(9-3-11)22(20,21)15(16)10-12-4-6-13(7-5-12)17(18)19/h2-10H,1H3/b15-10+. The molecule has 0 aliphatic heterocycles. The van der Waals surface area contributed by atoms with E-state index in [4.69, 9.17) is 0 Å². The Bertz CT molecular complexity index is 825. The molecule has 7 heteroatoms. The van der Waals surface area contributed by atoms with Gasteiger partial charge in [-0.05, 0) is 42.8 Å². The molecule has 114 valence electrons. The van der Waals surface area contributed by atoms with E-state index in [-0.39, 0.29) is 16.1 Å². The van der Waals surface area contributed by atoms with Gasteiger partial charge in [-0.1, -0.05) is 17.7 Å². The minimum atomic E-state index is -4.22. The SMILES string of the molecule is Cc1ccc(S(=O)(=O)/C(F)=C/c2ccc([N+](=O)[O-])cc2)cc1. The maximum Gasteiger partial charge on any atom is 0.269 e. The van der Waals surface area contributed by atoms with Gasteiger partial charge in [-0.2, -0.15) is 4.39 Å². The number of rotatable bonds is 4. The van der Waals surface area contributed by atoms with Crippen molar-refractivity contribution < 1.29 is 17.7 Å². The van der Waals surface area contributed by atoms with Crippen LogP contribution in [0.3, 0.4) is 0 Å². The summed E-state index contributed by atoms with van der Waals surface area (Å²) < 4.78 is 38.2. The van der Waals surface area contributed by atoms with Crippen molar-refractivity contribution in [2.45, 2.75) is 11.8 Å². The van der Waals surface area contributed by atoms with Crippen molar-refractivity contribution in [3.8, 4) is 0 Å². The predicted molar refractivity (Wildman–Crippen MR) is 80.5 cm³/mol. The molecule has 0 radical (unpaired) electrons. The zero-order valence-electron chi connectivity index (χ0n) is 11.6. The topological polar surface area (TPSA) is 77.3 Å². The first-order valence-electron chi connectivity index (χ1n) is 6.24. The van der Waals surface area contributed by atoms with Crippen LogP contribution >= 0.6 is 0 Å². The third-order valence-electron chi connectivity index (χ3n) is 2.97. The monoisotopic (exact) mass is 321 g/mol. The van der Waals surface area contributed by atoms with Crippen LogP contribution in [0.5, 0.6) is 0 Å². The summed E-state index contributed by atoms with van der Waals surface area (Å²) in [6, 6.07) is 10.7. The van der Waals surface area contributed by atoms with E-state index in [0.717, 1.165) is 11.6 Å². The van der Waals surface area contributed by atoms with Gasteiger partial charge in [-0.25, -0.2) is 8.42 Å². The number of nitro benzene ring substituents is 1. The second kappa shape index (κ2) is 6.07. The lowest BCUT2D eigenvalue weighted by Gasteiger charge is -2.02. The molecule has 0 N–H and O–H groups in total. The number of hydrogen-bond acceptors (Lipinski definition) is 4. The van der Waals surface area contributed by atoms with Crippen molar-refractivity contribution in [2.24, 2.45) is 0 Å². The molecule has 0 aliphatic rings. The number of non-ortho nitro benzene ring substituents is 1. The van der Waals surface area contributed by atoms with Crippen LogP contribution in [0.1, 0.15) is 11.1 Å². The minimum absolute atomic E-state index is 0.145. The number of sulfone groups is 1. The van der Waals surface area contributed by atoms with Crippen molar-refractivity contribution in [3.63, 3.8) is 0 Å². The number of aryl methyl sites for hydroxylation is 1. The first-order valence-corrected chi connectivity index (χ1v) is 7.72. The van der Waals surface area contributed by atoms with E-state index in [2.05, 4.69) is 0 Å². The lowest BCUT2D eigenvalue weighted by molar-refractivity contribution is -0.384. The molecule has 5 nitrogen and oxygen atoms in total. The van der Waals surface area contributed by atoms with Gasteiger partial charge in [0, 0.05) is 12.1 Å². The summed E-state index contributed by atoms with van der Waals surface area (Å²) in [6.45, 7) is 1.79. The fraction of sp³-hybridized carbons (Fsp3) is 0.0667. The van der Waals surface area contributed by atoms with Crippen LogP contribution in [0.15, 0.2) is 58.6 Å². The van der Waals surface area contributed by atoms with E-state index in [1.54, 1.807) is 19.1 Å². The van der Waals surface area contributed by atoms with Crippen LogP contribution in [0.25, 0.3) is 6.08 Å². The van der Waals surface area contributed by atoms with Crippen LogP contribution < -0.4 is 0 Å². The van der Waals surface area contributed by atoms with Crippen LogP contribution in [-0.4, -0.2) is 13.3 Å². The Balaban J connectivity index is 2.34. The molecule has 0 saturated carbocycles. The van der Waals surface area contributed by atoms with Gasteiger partial charge in [0.1, 0.15) is 0 Å². The largest absolute Gasteiger partial charge is 0.269 e. The smallest absolute Gasteiger partial charge is 0.258 e. The second-order valence-electron chi connectivity index (χ2n) is 4.61. The predicted octanol–water partition coefficient (Wildman–Crippen LogP) is 3.65. The molecule has 2 rings (SSSR count). The molecule has 2 aromatic carbocycles. The summed E-state index contributed by atoms with van der Waals surface area (Å²) >= 11 is 0. The summed E-state index contributed by atoms with van der Waals surface area (Å²) in [4.78, 5) is 9.79. The number of hydrogen-bond donors (Lipinski definition) is 0. The molecule has 0 fully saturated rings. The molecule has 0 heterocycles. The molecule has 2 aromatic rings. The summed E-state index contributed by atoms with van der Waals surface area (Å²) in [5.74, 6) is 0. The molecule has 0 aromatic heterocycles. The molecule has 0 amide bonds. The lowest BCUT2D eigenvalue weighted by atomic mass is 10.2. The zero-order valence-corrected chi connectivity index (χ0v) is 12.4. The number of benzene rings is 2. The molecule has 0 unspecified atom stereocenters. The number of halogens is 1. The van der Waals surface area contributed by atoms with E-state index in [0.29, 0.717) is 0 Å². The molecule has 0 bridgehead atoms. The van der Waals surface area contributed by atoms with Gasteiger partial charge >= 0.3 is 0 Å². The van der Waals surface area contributed by atoms with Gasteiger partial charge in [0.25, 0.3) is 5.69 Å². The molecule has 0 saturated heterocycles. The van der Waals surface area contributed by atoms with Gasteiger partial charge in [-0.3, -0.25) is 10.1 Å². The highest BCUT2D eigenvalue weighted by atomic mass is 32.2. The molecule has 0 atom stereocenters. The first kappa shape index (κ1) is 15.8. The highest BCUT2D eigenvalue weighted by Gasteiger charge is 2.20. The van der Waals surface area contributed by atoms with E-state index in [9.17, 15) is 22.9 Å². The van der Waals surface area contributed by atoms with Crippen LogP contribution in [-0.2, 0) is 9.84 Å². The molecular formula is C15H12FNO4S. The number of nitrogens with zero attached hydrogens (tertiary/aromatic N) is 1. The van der Waals surface area contributed by atoms with Crippen molar-refractivity contribution in [1.29, 1.82) is 0 Å². The second-order valence-corrected chi connectivity index (χ2v) is 6.48. The summed E-state index contributed by atoms with van der Waals surface area (Å²) in [7, 11) is -4.22. The maximum atomic E-state index is 14.1. The summed E-state index contributed by atoms with van der Waals surface area (Å²) in [6.07, 6.45) is 0.832. The summed E-state index contributed by atoms with van der Waals surface area (Å²) in [5, 5.41) is 9.21. The Morgan fingerprint density at radius 2 is 1.64 bits per heavy atom. The quantitative estimate of drug-likeness (QED) is 0.636. The average molecular weight is 321 g/mol. The molecule has 0 spiro atoms. The fourth-order valence-corrected chi connectivity index (χ4v) is 2.74. The Hall–Kier alpha value is -2.54. The normalized spacial score (nSPS) is 12.2. The third-order valence-corrected chi connectivity index (χ3v) is 4.50. The minimum Gasteiger partial charge on any atom is -0.258 e. The highest BCUT2D eigenvalue weighted by Crippen LogP contribution is 2.23. The Labute approximate surface area is 126 Å². The van der Waals surface area contributed by atoms with Gasteiger partial charge in [0.2, 0.25) is 15.0 Å². The number of nitro groups is 1. The third kappa shape index (κ3) is 3.37. The van der Waals surface area contributed by atoms with E-state index < -0.39 is 19.9 Å². The van der Waals surface area contributed by atoms with Crippen molar-refractivity contribution >= 4 is 21.6 Å². The first-order chi connectivity index (χ1) is 10.3. The van der Waals surface area contributed by atoms with E-state index >= 15 is 0 Å². The Morgan fingerprint density at radius 3 is 2.14 bits per heavy atom. The van der Waals surface area contributed by atoms with Crippen LogP contribution in [0, 0.1) is 17.0 Å². The van der Waals surface area contributed by atoms with E-state index in [1.165, 1.54) is 36.4 Å². The molecule has 22 heavy (non-hydrogen) atoms.